The summed E-state index contributed by atoms with van der Waals surface area (Å²) < 4.78 is 18.7. The molecule has 1 unspecified atom stereocenters. The summed E-state index contributed by atoms with van der Waals surface area (Å²) in [7, 11) is 0. The van der Waals surface area contributed by atoms with Crippen LogP contribution in [-0.2, 0) is 31.9 Å². The van der Waals surface area contributed by atoms with Gasteiger partial charge in [0.25, 0.3) is 23.6 Å². The maximum atomic E-state index is 13.3. The molecule has 18 heteroatoms. The number of nitrogens with zero attached hydrogens (tertiary/aromatic N) is 5. The van der Waals surface area contributed by atoms with E-state index in [1.54, 1.807) is 24.4 Å². The van der Waals surface area contributed by atoms with Crippen LogP contribution in [0.1, 0.15) is 104 Å². The number of hydrogen-bond acceptors (Lipinski definition) is 13. The SMILES string of the molecule is NC(=O)c1nn(-c2ccc(CCCCOCCCOCCCc3cccc4c3C(=O)N(C3CCC(=O)NC3=O)C4=O)cc2)cc1NC(=O)c1coc(-c2ccnc(NCC3CC3)c2)n1. The second kappa shape index (κ2) is 20.0. The molecule has 5 aromatic rings. The van der Waals surface area contributed by atoms with Crippen LogP contribution < -0.4 is 21.7 Å². The van der Waals surface area contributed by atoms with Crippen LogP contribution in [0.15, 0.2) is 77.7 Å². The zero-order valence-electron chi connectivity index (χ0n) is 35.2. The van der Waals surface area contributed by atoms with Crippen LogP contribution in [0.2, 0.25) is 0 Å². The average molecular weight is 872 g/mol. The van der Waals surface area contributed by atoms with Crippen molar-refractivity contribution in [2.24, 2.45) is 11.7 Å². The highest BCUT2D eigenvalue weighted by Gasteiger charge is 2.45. The van der Waals surface area contributed by atoms with Gasteiger partial charge >= 0.3 is 0 Å². The second-order valence-corrected chi connectivity index (χ2v) is 16.0. The Morgan fingerprint density at radius 1 is 0.891 bits per heavy atom. The minimum absolute atomic E-state index is 0.0210. The number of carbonyl (C=O) groups is 6. The van der Waals surface area contributed by atoms with Gasteiger partial charge in [0.2, 0.25) is 17.7 Å². The number of anilines is 2. The molecule has 0 spiro atoms. The smallest absolute Gasteiger partial charge is 0.277 e. The number of aryl methyl sites for hydroxylation is 2. The standard InChI is InChI=1S/C46H49N9O9/c47-41(57)40-34(50-42(58)35-27-64-44(51-35)31-18-19-48-37(24-31)49-25-29-10-11-29)26-54(53-40)32-14-12-28(13-15-32)6-1-2-20-62-22-5-23-63-21-4-8-30-7-3-9-33-39(30)46(61)55(45(33)60)36-16-17-38(56)52-43(36)59/h3,7,9,12-15,18-19,24,26-27,29,36H,1-2,4-6,8,10-11,16-17,20-23,25H2,(H2,47,57)(H,48,49)(H,50,58)(H,52,56,59). The number of oxazole rings is 1. The first-order valence-electron chi connectivity index (χ1n) is 21.6. The molecule has 3 aromatic heterocycles. The summed E-state index contributed by atoms with van der Waals surface area (Å²) in [6, 6.07) is 15.4. The third-order valence-electron chi connectivity index (χ3n) is 11.3. The van der Waals surface area contributed by atoms with Crippen molar-refractivity contribution in [1.82, 2.24) is 30.0 Å². The molecule has 1 saturated carbocycles. The minimum atomic E-state index is -0.993. The van der Waals surface area contributed by atoms with Crippen molar-refractivity contribution < 1.29 is 42.7 Å². The lowest BCUT2D eigenvalue weighted by atomic mass is 9.99. The molecule has 0 radical (unpaired) electrons. The van der Waals surface area contributed by atoms with E-state index in [9.17, 15) is 28.8 Å². The summed E-state index contributed by atoms with van der Waals surface area (Å²) in [6.07, 6.45) is 11.6. The predicted molar refractivity (Wildman–Crippen MR) is 232 cm³/mol. The van der Waals surface area contributed by atoms with E-state index < -0.39 is 41.5 Å². The van der Waals surface area contributed by atoms with Gasteiger partial charge in [0.05, 0.1) is 28.7 Å². The Bertz CT molecular complexity index is 2550. The quantitative estimate of drug-likeness (QED) is 0.0536. The fourth-order valence-electron chi connectivity index (χ4n) is 7.68. The average Bonchev–Trinajstić information content (AvgIpc) is 3.70. The minimum Gasteiger partial charge on any atom is -0.444 e. The fourth-order valence-corrected chi connectivity index (χ4v) is 7.68. The van der Waals surface area contributed by atoms with E-state index in [2.05, 4.69) is 31.0 Å². The van der Waals surface area contributed by atoms with Gasteiger partial charge in [-0.05, 0) is 105 Å². The molecule has 1 saturated heterocycles. The summed E-state index contributed by atoms with van der Waals surface area (Å²) in [4.78, 5) is 85.5. The molecule has 64 heavy (non-hydrogen) atoms. The lowest BCUT2D eigenvalue weighted by Gasteiger charge is -2.27. The molecule has 0 bridgehead atoms. The van der Waals surface area contributed by atoms with Crippen molar-refractivity contribution in [2.45, 2.75) is 70.3 Å². The van der Waals surface area contributed by atoms with Gasteiger partial charge in [0, 0.05) is 51.2 Å². The molecule has 2 fully saturated rings. The van der Waals surface area contributed by atoms with Crippen LogP contribution in [-0.4, -0.2) is 99.1 Å². The number of carbonyl (C=O) groups excluding carboxylic acids is 6. The normalized spacial score (nSPS) is 15.9. The van der Waals surface area contributed by atoms with Crippen molar-refractivity contribution in [2.75, 3.05) is 43.6 Å². The number of rotatable bonds is 22. The maximum absolute atomic E-state index is 13.3. The molecule has 18 nitrogen and oxygen atoms in total. The molecule has 6 amide bonds. The monoisotopic (exact) mass is 871 g/mol. The van der Waals surface area contributed by atoms with Crippen molar-refractivity contribution in [3.63, 3.8) is 0 Å². The predicted octanol–water partition coefficient (Wildman–Crippen LogP) is 4.88. The lowest BCUT2D eigenvalue weighted by Crippen LogP contribution is -2.54. The molecule has 332 valence electrons. The number of pyridine rings is 1. The number of nitrogens with two attached hydrogens (primary N) is 1. The summed E-state index contributed by atoms with van der Waals surface area (Å²) in [6.45, 7) is 3.05. The zero-order chi connectivity index (χ0) is 44.6. The number of unbranched alkanes of at least 4 members (excludes halogenated alkanes) is 1. The van der Waals surface area contributed by atoms with Crippen molar-refractivity contribution >= 4 is 46.9 Å². The largest absolute Gasteiger partial charge is 0.444 e. The number of aromatic nitrogens is 4. The van der Waals surface area contributed by atoms with Gasteiger partial charge in [-0.3, -0.25) is 39.0 Å². The van der Waals surface area contributed by atoms with Gasteiger partial charge in [-0.25, -0.2) is 14.6 Å². The Balaban J connectivity index is 0.714. The van der Waals surface area contributed by atoms with Gasteiger partial charge in [-0.15, -0.1) is 0 Å². The van der Waals surface area contributed by atoms with Crippen LogP contribution in [0.3, 0.4) is 0 Å². The fraction of sp³-hybridized carbons (Fsp3) is 0.370. The maximum Gasteiger partial charge on any atom is 0.277 e. The van der Waals surface area contributed by atoms with E-state index in [1.807, 2.05) is 36.4 Å². The molecule has 5 heterocycles. The zero-order valence-corrected chi connectivity index (χ0v) is 35.2. The number of ether oxygens (including phenoxy) is 2. The second-order valence-electron chi connectivity index (χ2n) is 16.0. The number of fused-ring (bicyclic) bond motifs is 1. The lowest BCUT2D eigenvalue weighted by molar-refractivity contribution is -0.136. The van der Waals surface area contributed by atoms with Crippen LogP contribution >= 0.6 is 0 Å². The number of piperidine rings is 1. The van der Waals surface area contributed by atoms with Gasteiger partial charge < -0.3 is 30.3 Å². The molecular formula is C46H49N9O9. The number of imide groups is 2. The van der Waals surface area contributed by atoms with Crippen LogP contribution in [0, 0.1) is 5.92 Å². The van der Waals surface area contributed by atoms with E-state index in [4.69, 9.17) is 19.6 Å². The van der Waals surface area contributed by atoms with Gasteiger partial charge in [0.1, 0.15) is 18.1 Å². The summed E-state index contributed by atoms with van der Waals surface area (Å²) in [5, 5.41) is 12.6. The van der Waals surface area contributed by atoms with Crippen molar-refractivity contribution in [1.29, 1.82) is 0 Å². The first-order chi connectivity index (χ1) is 31.1. The Morgan fingerprint density at radius 2 is 1.67 bits per heavy atom. The van der Waals surface area contributed by atoms with E-state index >= 15 is 0 Å². The summed E-state index contributed by atoms with van der Waals surface area (Å²) in [5.41, 5.74) is 9.48. The Morgan fingerprint density at radius 3 is 2.44 bits per heavy atom. The van der Waals surface area contributed by atoms with Gasteiger partial charge in [0.15, 0.2) is 11.4 Å². The first-order valence-corrected chi connectivity index (χ1v) is 21.6. The topological polar surface area (TPSA) is 243 Å². The van der Waals surface area contributed by atoms with Gasteiger partial charge in [-0.2, -0.15) is 5.10 Å². The molecular weight excluding hydrogens is 823 g/mol. The molecule has 8 rings (SSSR count). The van der Waals surface area contributed by atoms with E-state index in [1.165, 1.54) is 30.0 Å². The van der Waals surface area contributed by atoms with Crippen molar-refractivity contribution in [3.05, 3.63) is 107 Å². The highest BCUT2D eigenvalue weighted by atomic mass is 16.5. The molecule has 2 aliphatic heterocycles. The van der Waals surface area contributed by atoms with Gasteiger partial charge in [-0.1, -0.05) is 24.3 Å². The number of benzene rings is 2. The number of hydrogen-bond donors (Lipinski definition) is 4. The molecule has 2 aromatic carbocycles. The highest BCUT2D eigenvalue weighted by molar-refractivity contribution is 6.24. The number of amides is 6. The molecule has 1 atom stereocenters. The van der Waals surface area contributed by atoms with E-state index in [-0.39, 0.29) is 41.4 Å². The van der Waals surface area contributed by atoms with E-state index in [0.29, 0.717) is 67.8 Å². The highest BCUT2D eigenvalue weighted by Crippen LogP contribution is 2.31. The Hall–Kier alpha value is -7.05. The van der Waals surface area contributed by atoms with Crippen molar-refractivity contribution in [3.8, 4) is 17.1 Å². The summed E-state index contributed by atoms with van der Waals surface area (Å²) in [5.74, 6) is -1.80. The summed E-state index contributed by atoms with van der Waals surface area (Å²) >= 11 is 0. The third-order valence-corrected chi connectivity index (χ3v) is 11.3. The number of primary amides is 1. The Kier molecular flexibility index (Phi) is 13.6. The first kappa shape index (κ1) is 43.6. The third kappa shape index (κ3) is 10.4. The van der Waals surface area contributed by atoms with Crippen LogP contribution in [0.25, 0.3) is 17.1 Å². The molecule has 5 N–H and O–H groups in total. The molecule has 3 aliphatic rings. The van der Waals surface area contributed by atoms with Crippen LogP contribution in [0.5, 0.6) is 0 Å². The van der Waals surface area contributed by atoms with Crippen LogP contribution in [0.4, 0.5) is 11.5 Å². The molecule has 1 aliphatic carbocycles. The van der Waals surface area contributed by atoms with E-state index in [0.717, 1.165) is 48.3 Å². The number of nitrogens with one attached hydrogen (secondary N) is 3. The Labute approximate surface area is 368 Å².